The van der Waals surface area contributed by atoms with E-state index in [1.54, 1.807) is 20.8 Å². The average Bonchev–Trinajstić information content (AvgIpc) is 2.70. The first-order valence-electron chi connectivity index (χ1n) is 8.64. The number of nitrogens with zero attached hydrogens (tertiary/aromatic N) is 3. The molecular formula is C16H33N3O4S. The summed E-state index contributed by atoms with van der Waals surface area (Å²) in [6.07, 6.45) is 3.84. The standard InChI is InChI=1S/C16H33N3O4S/c1-16(2,3)23-15(20)14-19(13-12-17(4)5)24(21,22)18-10-8-6-7-9-11-18/h6-14H2,1-5H3. The van der Waals surface area contributed by atoms with Gasteiger partial charge in [0.25, 0.3) is 10.2 Å². The van der Waals surface area contributed by atoms with Gasteiger partial charge in [0, 0.05) is 26.2 Å². The van der Waals surface area contributed by atoms with Crippen LogP contribution in [0.2, 0.25) is 0 Å². The second-order valence-corrected chi connectivity index (χ2v) is 9.47. The van der Waals surface area contributed by atoms with Gasteiger partial charge in [0.1, 0.15) is 12.1 Å². The van der Waals surface area contributed by atoms with Gasteiger partial charge in [0.05, 0.1) is 0 Å². The van der Waals surface area contributed by atoms with E-state index in [0.717, 1.165) is 25.7 Å². The van der Waals surface area contributed by atoms with Gasteiger partial charge in [0.15, 0.2) is 0 Å². The maximum atomic E-state index is 13.0. The summed E-state index contributed by atoms with van der Waals surface area (Å²) >= 11 is 0. The molecule has 1 aliphatic rings. The molecule has 0 N–H and O–H groups in total. The highest BCUT2D eigenvalue weighted by Gasteiger charge is 2.32. The van der Waals surface area contributed by atoms with Crippen molar-refractivity contribution in [3.05, 3.63) is 0 Å². The Morgan fingerprint density at radius 1 is 1.04 bits per heavy atom. The van der Waals surface area contributed by atoms with E-state index in [1.165, 1.54) is 8.61 Å². The first-order valence-corrected chi connectivity index (χ1v) is 10.0. The maximum Gasteiger partial charge on any atom is 0.321 e. The van der Waals surface area contributed by atoms with Crippen LogP contribution in [0.1, 0.15) is 46.5 Å². The van der Waals surface area contributed by atoms with Crippen LogP contribution in [0.5, 0.6) is 0 Å². The monoisotopic (exact) mass is 363 g/mol. The van der Waals surface area contributed by atoms with E-state index < -0.39 is 21.8 Å². The minimum Gasteiger partial charge on any atom is -0.459 e. The van der Waals surface area contributed by atoms with Gasteiger partial charge in [-0.05, 0) is 47.7 Å². The third-order valence-corrected chi connectivity index (χ3v) is 5.72. The van der Waals surface area contributed by atoms with Gasteiger partial charge >= 0.3 is 5.97 Å². The molecule has 0 aromatic rings. The van der Waals surface area contributed by atoms with Gasteiger partial charge in [-0.15, -0.1) is 0 Å². The highest BCUT2D eigenvalue weighted by atomic mass is 32.2. The van der Waals surface area contributed by atoms with E-state index in [0.29, 0.717) is 19.6 Å². The first kappa shape index (κ1) is 21.3. The Kier molecular flexibility index (Phi) is 8.11. The van der Waals surface area contributed by atoms with Crippen molar-refractivity contribution in [3.8, 4) is 0 Å². The Bertz CT molecular complexity index is 492. The summed E-state index contributed by atoms with van der Waals surface area (Å²) in [6, 6.07) is 0. The number of rotatable bonds is 7. The van der Waals surface area contributed by atoms with E-state index in [4.69, 9.17) is 4.74 Å². The molecule has 1 saturated heterocycles. The number of carbonyl (C=O) groups is 1. The van der Waals surface area contributed by atoms with Crippen molar-refractivity contribution in [2.45, 2.75) is 52.1 Å². The van der Waals surface area contributed by atoms with Crippen LogP contribution in [0, 0.1) is 0 Å². The number of esters is 1. The number of hydrogen-bond donors (Lipinski definition) is 0. The van der Waals surface area contributed by atoms with Gasteiger partial charge in [-0.2, -0.15) is 17.0 Å². The van der Waals surface area contributed by atoms with Crippen LogP contribution < -0.4 is 0 Å². The van der Waals surface area contributed by atoms with Crippen molar-refractivity contribution < 1.29 is 17.9 Å². The summed E-state index contributed by atoms with van der Waals surface area (Å²) < 4.78 is 34.0. The molecule has 1 aliphatic heterocycles. The van der Waals surface area contributed by atoms with Crippen molar-refractivity contribution in [2.24, 2.45) is 0 Å². The second kappa shape index (κ2) is 9.12. The second-order valence-electron chi connectivity index (χ2n) is 7.54. The smallest absolute Gasteiger partial charge is 0.321 e. The summed E-state index contributed by atoms with van der Waals surface area (Å²) in [4.78, 5) is 14.1. The predicted molar refractivity (Wildman–Crippen MR) is 94.9 cm³/mol. The van der Waals surface area contributed by atoms with Crippen molar-refractivity contribution in [1.29, 1.82) is 0 Å². The Balaban J connectivity index is 2.87. The van der Waals surface area contributed by atoms with Crippen molar-refractivity contribution >= 4 is 16.2 Å². The quantitative estimate of drug-likeness (QED) is 0.638. The highest BCUT2D eigenvalue weighted by molar-refractivity contribution is 7.86. The molecule has 8 heteroatoms. The summed E-state index contributed by atoms with van der Waals surface area (Å²) in [6.45, 7) is 6.95. The topological polar surface area (TPSA) is 70.2 Å². The zero-order chi connectivity index (χ0) is 18.4. The van der Waals surface area contributed by atoms with Gasteiger partial charge < -0.3 is 9.64 Å². The van der Waals surface area contributed by atoms with Crippen LogP contribution in [-0.2, 0) is 19.7 Å². The molecule has 1 rings (SSSR count). The van der Waals surface area contributed by atoms with Crippen molar-refractivity contribution in [3.63, 3.8) is 0 Å². The molecule has 0 spiro atoms. The van der Waals surface area contributed by atoms with E-state index in [2.05, 4.69) is 0 Å². The van der Waals surface area contributed by atoms with Crippen LogP contribution in [0.25, 0.3) is 0 Å². The molecule has 0 radical (unpaired) electrons. The minimum atomic E-state index is -3.65. The molecule has 1 heterocycles. The Morgan fingerprint density at radius 3 is 2.04 bits per heavy atom. The molecule has 0 aliphatic carbocycles. The number of hydrogen-bond acceptors (Lipinski definition) is 5. The highest BCUT2D eigenvalue weighted by Crippen LogP contribution is 2.17. The lowest BCUT2D eigenvalue weighted by Gasteiger charge is -2.30. The minimum absolute atomic E-state index is 0.246. The Morgan fingerprint density at radius 2 is 1.58 bits per heavy atom. The molecule has 142 valence electrons. The SMILES string of the molecule is CN(C)CCN(CC(=O)OC(C)(C)C)S(=O)(=O)N1CCCCCC1. The van der Waals surface area contributed by atoms with E-state index in [-0.39, 0.29) is 13.1 Å². The van der Waals surface area contributed by atoms with E-state index in [9.17, 15) is 13.2 Å². The molecule has 0 amide bonds. The molecule has 0 atom stereocenters. The lowest BCUT2D eigenvalue weighted by Crippen LogP contribution is -2.49. The normalized spacial score (nSPS) is 18.0. The lowest BCUT2D eigenvalue weighted by molar-refractivity contribution is -0.155. The summed E-state index contributed by atoms with van der Waals surface area (Å²) in [5.74, 6) is -0.514. The average molecular weight is 364 g/mol. The summed E-state index contributed by atoms with van der Waals surface area (Å²) in [7, 11) is 0.104. The fourth-order valence-electron chi connectivity index (χ4n) is 2.54. The van der Waals surface area contributed by atoms with Crippen molar-refractivity contribution in [2.75, 3.05) is 46.8 Å². The first-order chi connectivity index (χ1) is 11.0. The Labute approximate surface area is 147 Å². The largest absolute Gasteiger partial charge is 0.459 e. The number of carbonyl (C=O) groups excluding carboxylic acids is 1. The third-order valence-electron chi connectivity index (χ3n) is 3.74. The molecule has 0 bridgehead atoms. The molecule has 24 heavy (non-hydrogen) atoms. The molecule has 1 fully saturated rings. The molecule has 0 saturated carbocycles. The fraction of sp³-hybridized carbons (Fsp3) is 0.938. The Hall–Kier alpha value is -0.700. The summed E-state index contributed by atoms with van der Waals surface area (Å²) in [5, 5.41) is 0. The van der Waals surface area contributed by atoms with Crippen LogP contribution in [-0.4, -0.2) is 80.3 Å². The maximum absolute atomic E-state index is 13.0. The number of ether oxygens (including phenoxy) is 1. The van der Waals surface area contributed by atoms with E-state index in [1.807, 2.05) is 19.0 Å². The third kappa shape index (κ3) is 7.46. The lowest BCUT2D eigenvalue weighted by atomic mass is 10.2. The molecule has 0 unspecified atom stereocenters. The van der Waals surface area contributed by atoms with Crippen LogP contribution >= 0.6 is 0 Å². The van der Waals surface area contributed by atoms with Crippen LogP contribution in [0.15, 0.2) is 0 Å². The molecule has 0 aromatic carbocycles. The zero-order valence-corrected chi connectivity index (χ0v) is 16.6. The number of likely N-dealkylation sites (N-methyl/N-ethyl adjacent to an activating group) is 1. The molecular weight excluding hydrogens is 330 g/mol. The zero-order valence-electron chi connectivity index (χ0n) is 15.7. The van der Waals surface area contributed by atoms with Gasteiger partial charge in [0.2, 0.25) is 0 Å². The van der Waals surface area contributed by atoms with Gasteiger partial charge in [-0.1, -0.05) is 12.8 Å². The summed E-state index contributed by atoms with van der Waals surface area (Å²) in [5.41, 5.74) is -0.628. The van der Waals surface area contributed by atoms with E-state index >= 15 is 0 Å². The predicted octanol–water partition coefficient (Wildman–Crippen LogP) is 1.31. The molecule has 7 nitrogen and oxygen atoms in total. The van der Waals surface area contributed by atoms with Crippen LogP contribution in [0.3, 0.4) is 0 Å². The van der Waals surface area contributed by atoms with Gasteiger partial charge in [-0.3, -0.25) is 4.79 Å². The fourth-order valence-corrected chi connectivity index (χ4v) is 4.17. The van der Waals surface area contributed by atoms with Crippen molar-refractivity contribution in [1.82, 2.24) is 13.5 Å². The van der Waals surface area contributed by atoms with Gasteiger partial charge in [-0.25, -0.2) is 0 Å². The molecule has 0 aromatic heterocycles. The van der Waals surface area contributed by atoms with Crippen LogP contribution in [0.4, 0.5) is 0 Å².